The summed E-state index contributed by atoms with van der Waals surface area (Å²) >= 11 is 0. The lowest BCUT2D eigenvalue weighted by Crippen LogP contribution is -2.32. The van der Waals surface area contributed by atoms with Crippen LogP contribution in [0.15, 0.2) is 60.7 Å². The summed E-state index contributed by atoms with van der Waals surface area (Å²) in [6.45, 7) is 15.7. The first-order chi connectivity index (χ1) is 18.3. The van der Waals surface area contributed by atoms with Gasteiger partial charge in [-0.05, 0) is 69.3 Å². The van der Waals surface area contributed by atoms with Gasteiger partial charge in [0.1, 0.15) is 19.9 Å². The van der Waals surface area contributed by atoms with Crippen LogP contribution in [0.2, 0.25) is 0 Å². The van der Waals surface area contributed by atoms with E-state index in [0.717, 1.165) is 62.7 Å². The van der Waals surface area contributed by atoms with Crippen LogP contribution in [0.3, 0.4) is 0 Å². The van der Waals surface area contributed by atoms with Gasteiger partial charge in [-0.15, -0.1) is 0 Å². The van der Waals surface area contributed by atoms with Crippen LogP contribution in [0.5, 0.6) is 11.5 Å². The zero-order chi connectivity index (χ0) is 28.0. The molecule has 1 aromatic heterocycles. The summed E-state index contributed by atoms with van der Waals surface area (Å²) in [6.07, 6.45) is 2.00. The first kappa shape index (κ1) is 21.7. The Morgan fingerprint density at radius 1 is 0.811 bits per heavy atom. The SMILES string of the molecule is [2H]c1c([2H])[n+](C)c2c3c(cc4c(CC(C)(C)C)cccc4c13)Oc1c-2c(C)c2ccccc2c1CC(C)(C)C. The third-order valence-corrected chi connectivity index (χ3v) is 7.57. The minimum Gasteiger partial charge on any atom is -0.455 e. The van der Waals surface area contributed by atoms with Crippen molar-refractivity contribution in [3.05, 3.63) is 77.4 Å². The molecule has 2 heteroatoms. The molecule has 0 aliphatic carbocycles. The Hall–Kier alpha value is -3.39. The molecule has 4 aromatic carbocycles. The van der Waals surface area contributed by atoms with Gasteiger partial charge in [0.2, 0.25) is 5.69 Å². The number of hydrogen-bond acceptors (Lipinski definition) is 1. The molecule has 0 saturated carbocycles. The van der Waals surface area contributed by atoms with Crippen molar-refractivity contribution in [1.29, 1.82) is 0 Å². The van der Waals surface area contributed by atoms with Crippen molar-refractivity contribution >= 4 is 32.3 Å². The topological polar surface area (TPSA) is 13.1 Å². The molecule has 0 saturated heterocycles. The number of ether oxygens (including phenoxy) is 1. The molecule has 188 valence electrons. The third kappa shape index (κ3) is 3.89. The second-order valence-corrected chi connectivity index (χ2v) is 13.2. The number of pyridine rings is 1. The largest absolute Gasteiger partial charge is 0.455 e. The number of hydrogen-bond donors (Lipinski definition) is 0. The van der Waals surface area contributed by atoms with Gasteiger partial charge in [0, 0.05) is 17.0 Å². The molecule has 2 nitrogen and oxygen atoms in total. The van der Waals surface area contributed by atoms with Gasteiger partial charge in [-0.1, -0.05) is 84.0 Å². The van der Waals surface area contributed by atoms with E-state index in [1.165, 1.54) is 21.9 Å². The maximum absolute atomic E-state index is 9.12. The lowest BCUT2D eigenvalue weighted by atomic mass is 9.81. The highest BCUT2D eigenvalue weighted by Crippen LogP contribution is 2.53. The molecule has 6 rings (SSSR count). The van der Waals surface area contributed by atoms with Gasteiger partial charge in [0.25, 0.3) is 0 Å². The third-order valence-electron chi connectivity index (χ3n) is 7.57. The minimum absolute atomic E-state index is 0.0574. The number of rotatable bonds is 2. The van der Waals surface area contributed by atoms with Crippen molar-refractivity contribution < 1.29 is 12.0 Å². The van der Waals surface area contributed by atoms with E-state index in [1.807, 2.05) is 11.6 Å². The normalized spacial score (nSPS) is 14.1. The molecule has 37 heavy (non-hydrogen) atoms. The summed E-state index contributed by atoms with van der Waals surface area (Å²) in [5, 5.41) is 6.32. The second kappa shape index (κ2) is 8.05. The van der Waals surface area contributed by atoms with Crippen molar-refractivity contribution in [3.63, 3.8) is 0 Å². The Balaban J connectivity index is 1.82. The van der Waals surface area contributed by atoms with Crippen molar-refractivity contribution in [3.8, 4) is 22.8 Å². The summed E-state index contributed by atoms with van der Waals surface area (Å²) in [5.41, 5.74) is 5.81. The molecule has 1 aliphatic heterocycles. The molecular formula is C35H38NO+. The van der Waals surface area contributed by atoms with E-state index in [-0.39, 0.29) is 23.0 Å². The summed E-state index contributed by atoms with van der Waals surface area (Å²) in [4.78, 5) is 0. The molecular weight excluding hydrogens is 450 g/mol. The molecule has 0 atom stereocenters. The minimum atomic E-state index is 0.0574. The zero-order valence-electron chi connectivity index (χ0n) is 25.4. The highest BCUT2D eigenvalue weighted by molar-refractivity contribution is 6.16. The lowest BCUT2D eigenvalue weighted by Gasteiger charge is -2.28. The van der Waals surface area contributed by atoms with E-state index in [2.05, 4.69) is 97.0 Å². The Morgan fingerprint density at radius 2 is 1.49 bits per heavy atom. The van der Waals surface area contributed by atoms with Crippen molar-refractivity contribution in [2.75, 3.05) is 0 Å². The first-order valence-corrected chi connectivity index (χ1v) is 13.4. The average molecular weight is 491 g/mol. The summed E-state index contributed by atoms with van der Waals surface area (Å²) in [5.74, 6) is 1.69. The number of aromatic nitrogens is 1. The van der Waals surface area contributed by atoms with Crippen molar-refractivity contribution in [2.45, 2.75) is 61.3 Å². The van der Waals surface area contributed by atoms with Gasteiger partial charge in [-0.2, -0.15) is 0 Å². The summed E-state index contributed by atoms with van der Waals surface area (Å²) in [7, 11) is 1.92. The van der Waals surface area contributed by atoms with Crippen LogP contribution in [0, 0.1) is 17.8 Å². The van der Waals surface area contributed by atoms with Gasteiger partial charge < -0.3 is 4.74 Å². The van der Waals surface area contributed by atoms with Gasteiger partial charge in [-0.3, -0.25) is 0 Å². The number of nitrogens with zero attached hydrogens (tertiary/aromatic N) is 1. The quantitative estimate of drug-likeness (QED) is 0.174. The Morgan fingerprint density at radius 3 is 2.19 bits per heavy atom. The van der Waals surface area contributed by atoms with E-state index in [0.29, 0.717) is 0 Å². The second-order valence-electron chi connectivity index (χ2n) is 13.2. The number of benzene rings is 4. The zero-order valence-corrected chi connectivity index (χ0v) is 23.4. The summed E-state index contributed by atoms with van der Waals surface area (Å²) < 4.78 is 27.1. The van der Waals surface area contributed by atoms with Crippen LogP contribution in [-0.4, -0.2) is 0 Å². The van der Waals surface area contributed by atoms with E-state index in [1.54, 1.807) is 0 Å². The highest BCUT2D eigenvalue weighted by Gasteiger charge is 2.34. The maximum atomic E-state index is 9.12. The van der Waals surface area contributed by atoms with Crippen LogP contribution in [0.4, 0.5) is 0 Å². The fraction of sp³-hybridized carbons (Fsp3) is 0.343. The summed E-state index contributed by atoms with van der Waals surface area (Å²) in [6, 6.07) is 17.5. The number of aryl methyl sites for hydroxylation is 1. The van der Waals surface area contributed by atoms with Gasteiger partial charge >= 0.3 is 0 Å². The monoisotopic (exact) mass is 490 g/mol. The standard InChI is InChI=1S/C35H38NO/c1-21-23-13-9-10-14-24(23)28(20-35(5,6)7)33-30(21)32-31-26(16-17-36(32)8)25-15-11-12-22(19-34(2,3)4)27(25)18-29(31)37-33/h9-18H,19-20H2,1-8H3/q+1/i16D,17D. The van der Waals surface area contributed by atoms with E-state index < -0.39 is 0 Å². The Bertz CT molecular complexity index is 1840. The molecule has 0 amide bonds. The molecule has 1 aliphatic rings. The van der Waals surface area contributed by atoms with Gasteiger partial charge in [-0.25, -0.2) is 4.57 Å². The number of fused-ring (bicyclic) bond motifs is 5. The predicted molar refractivity (Wildman–Crippen MR) is 157 cm³/mol. The molecule has 0 fully saturated rings. The molecule has 0 radical (unpaired) electrons. The highest BCUT2D eigenvalue weighted by atomic mass is 16.5. The molecule has 2 heterocycles. The van der Waals surface area contributed by atoms with Crippen LogP contribution in [0.25, 0.3) is 43.6 Å². The average Bonchev–Trinajstić information content (AvgIpc) is 2.85. The molecule has 0 N–H and O–H groups in total. The van der Waals surface area contributed by atoms with Crippen LogP contribution >= 0.6 is 0 Å². The fourth-order valence-corrected chi connectivity index (χ4v) is 6.15. The fourth-order valence-electron chi connectivity index (χ4n) is 6.15. The van der Waals surface area contributed by atoms with Crippen molar-refractivity contribution in [2.24, 2.45) is 17.9 Å². The van der Waals surface area contributed by atoms with Crippen LogP contribution < -0.4 is 9.30 Å². The predicted octanol–water partition coefficient (Wildman–Crippen LogP) is 9.23. The van der Waals surface area contributed by atoms with E-state index >= 15 is 0 Å². The van der Waals surface area contributed by atoms with Gasteiger partial charge in [0.15, 0.2) is 6.17 Å². The van der Waals surface area contributed by atoms with Crippen molar-refractivity contribution in [1.82, 2.24) is 0 Å². The van der Waals surface area contributed by atoms with Crippen LogP contribution in [-0.2, 0) is 19.9 Å². The maximum Gasteiger partial charge on any atom is 0.228 e. The molecule has 0 bridgehead atoms. The molecule has 5 aromatic rings. The Kier molecular flexibility index (Phi) is 4.72. The smallest absolute Gasteiger partial charge is 0.228 e. The van der Waals surface area contributed by atoms with Crippen LogP contribution in [0.1, 0.15) is 61.0 Å². The molecule has 0 spiro atoms. The Labute approximate surface area is 223 Å². The van der Waals surface area contributed by atoms with E-state index in [4.69, 9.17) is 7.48 Å². The van der Waals surface area contributed by atoms with Gasteiger partial charge in [0.05, 0.1) is 12.3 Å². The first-order valence-electron chi connectivity index (χ1n) is 14.4. The lowest BCUT2D eigenvalue weighted by molar-refractivity contribution is -0.659. The molecule has 0 unspecified atom stereocenters. The van der Waals surface area contributed by atoms with E-state index in [9.17, 15) is 0 Å².